The van der Waals surface area contributed by atoms with Gasteiger partial charge in [-0.3, -0.25) is 4.79 Å². The Morgan fingerprint density at radius 1 is 1.33 bits per heavy atom. The maximum atomic E-state index is 12.3. The summed E-state index contributed by atoms with van der Waals surface area (Å²) in [6.07, 6.45) is 0.517. The van der Waals surface area contributed by atoms with Crippen LogP contribution in [0.1, 0.15) is 37.4 Å². The maximum Gasteiger partial charge on any atom is 0.318 e. The Kier molecular flexibility index (Phi) is 4.50. The molecule has 0 spiro atoms. The van der Waals surface area contributed by atoms with Crippen molar-refractivity contribution in [3.63, 3.8) is 0 Å². The third-order valence-electron chi connectivity index (χ3n) is 4.25. The molecule has 0 bridgehead atoms. The molecule has 1 saturated heterocycles. The molecule has 2 N–H and O–H groups in total. The van der Waals surface area contributed by atoms with Gasteiger partial charge in [0.2, 0.25) is 0 Å². The number of carbonyl (C=O) groups excluding carboxylic acids is 1. The molecule has 1 fully saturated rings. The number of hydrogen-bond donors (Lipinski definition) is 2. The van der Waals surface area contributed by atoms with E-state index in [1.165, 1.54) is 5.56 Å². The quantitative estimate of drug-likeness (QED) is 0.899. The van der Waals surface area contributed by atoms with Gasteiger partial charge >= 0.3 is 12.0 Å². The lowest BCUT2D eigenvalue weighted by atomic mass is 10.0. The van der Waals surface area contributed by atoms with Gasteiger partial charge in [-0.15, -0.1) is 0 Å². The van der Waals surface area contributed by atoms with Crippen molar-refractivity contribution >= 4 is 12.0 Å². The second-order valence-corrected chi connectivity index (χ2v) is 5.75. The summed E-state index contributed by atoms with van der Waals surface area (Å²) in [5, 5.41) is 12.1. The van der Waals surface area contributed by atoms with Crippen LogP contribution in [0, 0.1) is 12.8 Å². The lowest BCUT2D eigenvalue weighted by Crippen LogP contribution is -2.44. The van der Waals surface area contributed by atoms with Gasteiger partial charge < -0.3 is 15.3 Å². The van der Waals surface area contributed by atoms with Crippen LogP contribution in [0.15, 0.2) is 24.3 Å². The second-order valence-electron chi connectivity index (χ2n) is 5.75. The van der Waals surface area contributed by atoms with Gasteiger partial charge in [0.1, 0.15) is 0 Å². The van der Waals surface area contributed by atoms with Crippen LogP contribution in [0.4, 0.5) is 4.79 Å². The number of nitrogens with zero attached hydrogens (tertiary/aromatic N) is 1. The number of hydrogen-bond acceptors (Lipinski definition) is 2. The fourth-order valence-corrected chi connectivity index (χ4v) is 2.76. The molecule has 3 unspecified atom stereocenters. The highest BCUT2D eigenvalue weighted by atomic mass is 16.4. The molecule has 1 aromatic carbocycles. The number of aliphatic carboxylic acids is 1. The Bertz CT molecular complexity index is 527. The molecule has 0 aromatic heterocycles. The SMILES string of the molecule is Cc1ccc(C(C)NC(=O)N2CCC(C(=O)O)C2C)cc1. The van der Waals surface area contributed by atoms with Gasteiger partial charge in [0.25, 0.3) is 0 Å². The van der Waals surface area contributed by atoms with Gasteiger partial charge in [-0.2, -0.15) is 0 Å². The Labute approximate surface area is 125 Å². The van der Waals surface area contributed by atoms with Gasteiger partial charge in [0.05, 0.1) is 12.0 Å². The molecule has 1 aromatic rings. The number of likely N-dealkylation sites (tertiary alicyclic amines) is 1. The number of aryl methyl sites for hydroxylation is 1. The number of amides is 2. The highest BCUT2D eigenvalue weighted by Gasteiger charge is 2.38. The first-order valence-corrected chi connectivity index (χ1v) is 7.26. The van der Waals surface area contributed by atoms with Crippen molar-refractivity contribution < 1.29 is 14.7 Å². The van der Waals surface area contributed by atoms with E-state index in [0.717, 1.165) is 5.56 Å². The van der Waals surface area contributed by atoms with E-state index in [1.54, 1.807) is 11.8 Å². The topological polar surface area (TPSA) is 69.6 Å². The molecule has 21 heavy (non-hydrogen) atoms. The van der Waals surface area contributed by atoms with E-state index in [9.17, 15) is 9.59 Å². The molecule has 2 rings (SSSR count). The summed E-state index contributed by atoms with van der Waals surface area (Å²) in [4.78, 5) is 25.0. The summed E-state index contributed by atoms with van der Waals surface area (Å²) < 4.78 is 0. The van der Waals surface area contributed by atoms with Crippen molar-refractivity contribution in [2.24, 2.45) is 5.92 Å². The van der Waals surface area contributed by atoms with Crippen LogP contribution >= 0.6 is 0 Å². The van der Waals surface area contributed by atoms with E-state index in [4.69, 9.17) is 5.11 Å². The Morgan fingerprint density at radius 3 is 2.48 bits per heavy atom. The van der Waals surface area contributed by atoms with E-state index in [0.29, 0.717) is 13.0 Å². The standard InChI is InChI=1S/C16H22N2O3/c1-10-4-6-13(7-5-10)11(2)17-16(21)18-9-8-14(12(18)3)15(19)20/h4-7,11-12,14H,8-9H2,1-3H3,(H,17,21)(H,19,20). The average Bonchev–Trinajstić information content (AvgIpc) is 2.81. The highest BCUT2D eigenvalue weighted by molar-refractivity contribution is 5.78. The van der Waals surface area contributed by atoms with Gasteiger partial charge in [-0.1, -0.05) is 29.8 Å². The van der Waals surface area contributed by atoms with Crippen LogP contribution in [-0.2, 0) is 4.79 Å². The fraction of sp³-hybridized carbons (Fsp3) is 0.500. The van der Waals surface area contributed by atoms with Crippen LogP contribution in [-0.4, -0.2) is 34.6 Å². The number of nitrogens with one attached hydrogen (secondary N) is 1. The number of rotatable bonds is 3. The van der Waals surface area contributed by atoms with Crippen LogP contribution < -0.4 is 5.32 Å². The number of benzene rings is 1. The van der Waals surface area contributed by atoms with Crippen molar-refractivity contribution in [2.75, 3.05) is 6.54 Å². The van der Waals surface area contributed by atoms with E-state index < -0.39 is 11.9 Å². The van der Waals surface area contributed by atoms with Crippen molar-refractivity contribution in [3.05, 3.63) is 35.4 Å². The third kappa shape index (κ3) is 3.35. The largest absolute Gasteiger partial charge is 0.481 e. The Morgan fingerprint density at radius 2 is 1.95 bits per heavy atom. The van der Waals surface area contributed by atoms with Crippen molar-refractivity contribution in [1.82, 2.24) is 10.2 Å². The zero-order chi connectivity index (χ0) is 15.6. The first-order chi connectivity index (χ1) is 9.90. The summed E-state index contributed by atoms with van der Waals surface area (Å²) in [7, 11) is 0. The lowest BCUT2D eigenvalue weighted by Gasteiger charge is -2.26. The molecular weight excluding hydrogens is 268 g/mol. The van der Waals surface area contributed by atoms with Crippen LogP contribution in [0.25, 0.3) is 0 Å². The zero-order valence-electron chi connectivity index (χ0n) is 12.7. The fourth-order valence-electron chi connectivity index (χ4n) is 2.76. The average molecular weight is 290 g/mol. The summed E-state index contributed by atoms with van der Waals surface area (Å²) in [6.45, 7) is 6.23. The van der Waals surface area contributed by atoms with Crippen LogP contribution in [0.5, 0.6) is 0 Å². The van der Waals surface area contributed by atoms with Gasteiger partial charge in [-0.05, 0) is 32.8 Å². The second kappa shape index (κ2) is 6.16. The molecule has 1 aliphatic heterocycles. The predicted octanol–water partition coefficient (Wildman–Crippen LogP) is 2.56. The van der Waals surface area contributed by atoms with Crippen LogP contribution in [0.3, 0.4) is 0 Å². The molecular formula is C16H22N2O3. The number of carboxylic acids is 1. The Balaban J connectivity index is 1.98. The van der Waals surface area contributed by atoms with Crippen molar-refractivity contribution in [3.8, 4) is 0 Å². The summed E-state index contributed by atoms with van der Waals surface area (Å²) in [6, 6.07) is 7.44. The summed E-state index contributed by atoms with van der Waals surface area (Å²) in [5.74, 6) is -1.30. The first-order valence-electron chi connectivity index (χ1n) is 7.26. The van der Waals surface area contributed by atoms with Crippen molar-refractivity contribution in [1.29, 1.82) is 0 Å². The van der Waals surface area contributed by atoms with Gasteiger partial charge in [0, 0.05) is 12.6 Å². The highest BCUT2D eigenvalue weighted by Crippen LogP contribution is 2.25. The zero-order valence-corrected chi connectivity index (χ0v) is 12.7. The molecule has 5 heteroatoms. The maximum absolute atomic E-state index is 12.3. The molecule has 5 nitrogen and oxygen atoms in total. The smallest absolute Gasteiger partial charge is 0.318 e. The van der Waals surface area contributed by atoms with Crippen molar-refractivity contribution in [2.45, 2.75) is 39.3 Å². The normalized spacial score (nSPS) is 22.9. The van der Waals surface area contributed by atoms with E-state index in [-0.39, 0.29) is 18.1 Å². The molecule has 114 valence electrons. The molecule has 0 aliphatic carbocycles. The first kappa shape index (κ1) is 15.4. The minimum atomic E-state index is -0.829. The third-order valence-corrected chi connectivity index (χ3v) is 4.25. The number of carbonyl (C=O) groups is 2. The lowest BCUT2D eigenvalue weighted by molar-refractivity contribution is -0.142. The predicted molar refractivity (Wildman–Crippen MR) is 80.0 cm³/mol. The van der Waals surface area contributed by atoms with Gasteiger partial charge in [0.15, 0.2) is 0 Å². The summed E-state index contributed by atoms with van der Waals surface area (Å²) >= 11 is 0. The number of urea groups is 1. The van der Waals surface area contributed by atoms with E-state index in [2.05, 4.69) is 5.32 Å². The minimum absolute atomic E-state index is 0.103. The van der Waals surface area contributed by atoms with E-state index in [1.807, 2.05) is 38.1 Å². The molecule has 1 heterocycles. The minimum Gasteiger partial charge on any atom is -0.481 e. The molecule has 3 atom stereocenters. The molecule has 1 aliphatic rings. The van der Waals surface area contributed by atoms with Gasteiger partial charge in [-0.25, -0.2) is 4.79 Å². The monoisotopic (exact) mass is 290 g/mol. The summed E-state index contributed by atoms with van der Waals surface area (Å²) in [5.41, 5.74) is 2.21. The Hall–Kier alpha value is -2.04. The van der Waals surface area contributed by atoms with E-state index >= 15 is 0 Å². The molecule has 2 amide bonds. The molecule has 0 radical (unpaired) electrons. The molecule has 0 saturated carbocycles. The van der Waals surface area contributed by atoms with Crippen LogP contribution in [0.2, 0.25) is 0 Å². The number of carboxylic acid groups (broad SMARTS) is 1.